The molecule has 6 heteroatoms. The van der Waals surface area contributed by atoms with Gasteiger partial charge in [0.15, 0.2) is 6.61 Å². The number of esters is 1. The first-order valence-corrected chi connectivity index (χ1v) is 7.18. The third-order valence-electron chi connectivity index (χ3n) is 2.85. The number of benzene rings is 1. The van der Waals surface area contributed by atoms with Gasteiger partial charge < -0.3 is 14.4 Å². The topological polar surface area (TPSA) is 55.8 Å². The van der Waals surface area contributed by atoms with Crippen LogP contribution in [0.4, 0.5) is 0 Å². The van der Waals surface area contributed by atoms with E-state index < -0.39 is 5.97 Å². The molecule has 0 radical (unpaired) electrons. The maximum atomic E-state index is 12.0. The van der Waals surface area contributed by atoms with Crippen molar-refractivity contribution in [1.82, 2.24) is 4.90 Å². The Kier molecular flexibility index (Phi) is 7.02. The Morgan fingerprint density at radius 1 is 1.29 bits per heavy atom. The summed E-state index contributed by atoms with van der Waals surface area (Å²) in [5.41, 5.74) is 0.851. The lowest BCUT2D eigenvalue weighted by molar-refractivity contribution is -0.149. The molecule has 0 bridgehead atoms. The zero-order valence-electron chi connectivity index (χ0n) is 12.5. The molecule has 0 aliphatic rings. The molecule has 0 saturated heterocycles. The summed E-state index contributed by atoms with van der Waals surface area (Å²) in [4.78, 5) is 24.8. The summed E-state index contributed by atoms with van der Waals surface area (Å²) in [6, 6.07) is 5.18. The highest BCUT2D eigenvalue weighted by atomic mass is 35.5. The number of likely N-dealkylation sites (N-methyl/N-ethyl adjacent to an activating group) is 1. The molecule has 1 aromatic rings. The van der Waals surface area contributed by atoms with Gasteiger partial charge in [-0.1, -0.05) is 11.6 Å². The highest BCUT2D eigenvalue weighted by Gasteiger charge is 2.17. The largest absolute Gasteiger partial charge is 0.483 e. The molecular weight excluding hydrogens is 294 g/mol. The average molecular weight is 314 g/mol. The van der Waals surface area contributed by atoms with Crippen LogP contribution in [0.1, 0.15) is 19.4 Å². The quantitative estimate of drug-likeness (QED) is 0.726. The van der Waals surface area contributed by atoms with Gasteiger partial charge in [0.1, 0.15) is 12.3 Å². The van der Waals surface area contributed by atoms with E-state index in [1.54, 1.807) is 32.0 Å². The van der Waals surface area contributed by atoms with Gasteiger partial charge in [-0.05, 0) is 44.5 Å². The summed E-state index contributed by atoms with van der Waals surface area (Å²) in [7, 11) is 0. The fourth-order valence-electron chi connectivity index (χ4n) is 1.74. The lowest BCUT2D eigenvalue weighted by Crippen LogP contribution is -2.39. The molecule has 0 heterocycles. The number of nitrogens with zero attached hydrogens (tertiary/aromatic N) is 1. The maximum absolute atomic E-state index is 12.0. The molecule has 0 saturated carbocycles. The molecule has 0 aliphatic carbocycles. The van der Waals surface area contributed by atoms with E-state index in [0.717, 1.165) is 5.56 Å². The van der Waals surface area contributed by atoms with Crippen LogP contribution in [0.25, 0.3) is 0 Å². The molecule has 5 nitrogen and oxygen atoms in total. The number of ether oxygens (including phenoxy) is 2. The molecule has 1 amide bonds. The van der Waals surface area contributed by atoms with Crippen LogP contribution in [0.2, 0.25) is 5.02 Å². The lowest BCUT2D eigenvalue weighted by Gasteiger charge is -2.20. The average Bonchev–Trinajstić information content (AvgIpc) is 2.43. The van der Waals surface area contributed by atoms with Crippen molar-refractivity contribution in [1.29, 1.82) is 0 Å². The Hall–Kier alpha value is -1.75. The highest BCUT2D eigenvalue weighted by molar-refractivity contribution is 6.30. The zero-order valence-corrected chi connectivity index (χ0v) is 13.3. The van der Waals surface area contributed by atoms with E-state index in [1.165, 1.54) is 4.90 Å². The van der Waals surface area contributed by atoms with Crippen LogP contribution in [-0.4, -0.2) is 43.1 Å². The second-order valence-corrected chi connectivity index (χ2v) is 4.85. The molecule has 0 unspecified atom stereocenters. The van der Waals surface area contributed by atoms with Gasteiger partial charge in [0.2, 0.25) is 0 Å². The highest BCUT2D eigenvalue weighted by Crippen LogP contribution is 2.21. The molecule has 1 aromatic carbocycles. The third-order valence-corrected chi connectivity index (χ3v) is 3.08. The number of rotatable bonds is 7. The number of aryl methyl sites for hydroxylation is 1. The summed E-state index contributed by atoms with van der Waals surface area (Å²) >= 11 is 5.86. The lowest BCUT2D eigenvalue weighted by atomic mass is 10.2. The van der Waals surface area contributed by atoms with Crippen LogP contribution >= 0.6 is 11.6 Å². The van der Waals surface area contributed by atoms with Crippen LogP contribution in [0.5, 0.6) is 5.75 Å². The van der Waals surface area contributed by atoms with Gasteiger partial charge in [0, 0.05) is 11.6 Å². The van der Waals surface area contributed by atoms with Gasteiger partial charge >= 0.3 is 5.97 Å². The first-order valence-electron chi connectivity index (χ1n) is 6.80. The normalized spacial score (nSPS) is 10.1. The van der Waals surface area contributed by atoms with E-state index in [4.69, 9.17) is 21.1 Å². The first kappa shape index (κ1) is 17.3. The number of carbonyl (C=O) groups is 2. The van der Waals surface area contributed by atoms with Crippen LogP contribution in [0, 0.1) is 6.92 Å². The number of hydrogen-bond donors (Lipinski definition) is 0. The monoisotopic (exact) mass is 313 g/mol. The van der Waals surface area contributed by atoms with Crippen molar-refractivity contribution < 1.29 is 19.1 Å². The molecule has 0 aromatic heterocycles. The molecule has 0 atom stereocenters. The minimum Gasteiger partial charge on any atom is -0.483 e. The summed E-state index contributed by atoms with van der Waals surface area (Å²) in [6.07, 6.45) is 0. The van der Waals surface area contributed by atoms with Crippen LogP contribution in [-0.2, 0) is 14.3 Å². The molecule has 0 spiro atoms. The van der Waals surface area contributed by atoms with E-state index in [9.17, 15) is 9.59 Å². The van der Waals surface area contributed by atoms with Gasteiger partial charge in [-0.25, -0.2) is 0 Å². The Morgan fingerprint density at radius 2 is 2.00 bits per heavy atom. The summed E-state index contributed by atoms with van der Waals surface area (Å²) < 4.78 is 10.3. The van der Waals surface area contributed by atoms with Crippen molar-refractivity contribution in [3.63, 3.8) is 0 Å². The Bertz CT molecular complexity index is 504. The zero-order chi connectivity index (χ0) is 15.8. The van der Waals surface area contributed by atoms with Crippen molar-refractivity contribution in [3.8, 4) is 5.75 Å². The fraction of sp³-hybridized carbons (Fsp3) is 0.467. The molecule has 0 fully saturated rings. The van der Waals surface area contributed by atoms with Crippen molar-refractivity contribution in [2.24, 2.45) is 0 Å². The SMILES string of the molecule is CCOC(=O)CN(CC)C(=O)COc1ccc(Cl)cc1C. The van der Waals surface area contributed by atoms with E-state index in [1.807, 2.05) is 6.92 Å². The minimum atomic E-state index is -0.421. The van der Waals surface area contributed by atoms with E-state index in [0.29, 0.717) is 23.9 Å². The molecular formula is C15H20ClNO4. The number of halogens is 1. The van der Waals surface area contributed by atoms with Gasteiger partial charge in [0.05, 0.1) is 6.61 Å². The standard InChI is InChI=1S/C15H20ClNO4/c1-4-17(9-15(19)20-5-2)14(18)10-21-13-7-6-12(16)8-11(13)3/h6-8H,4-5,9-10H2,1-3H3. The third kappa shape index (κ3) is 5.63. The summed E-state index contributed by atoms with van der Waals surface area (Å²) in [5.74, 6) is -0.0878. The maximum Gasteiger partial charge on any atom is 0.325 e. The second kappa shape index (κ2) is 8.52. The first-order chi connectivity index (χ1) is 9.97. The van der Waals surface area contributed by atoms with Crippen molar-refractivity contribution in [2.45, 2.75) is 20.8 Å². The number of amides is 1. The molecule has 116 valence electrons. The van der Waals surface area contributed by atoms with Gasteiger partial charge in [-0.3, -0.25) is 9.59 Å². The smallest absolute Gasteiger partial charge is 0.325 e. The van der Waals surface area contributed by atoms with Crippen molar-refractivity contribution in [3.05, 3.63) is 28.8 Å². The Morgan fingerprint density at radius 3 is 2.57 bits per heavy atom. The second-order valence-electron chi connectivity index (χ2n) is 4.41. The fourth-order valence-corrected chi connectivity index (χ4v) is 1.97. The molecule has 1 rings (SSSR count). The van der Waals surface area contributed by atoms with Crippen molar-refractivity contribution in [2.75, 3.05) is 26.3 Å². The Labute approximate surface area is 129 Å². The molecule has 0 N–H and O–H groups in total. The van der Waals surface area contributed by atoms with E-state index in [-0.39, 0.29) is 19.1 Å². The molecule has 21 heavy (non-hydrogen) atoms. The number of hydrogen-bond acceptors (Lipinski definition) is 4. The Balaban J connectivity index is 2.56. The minimum absolute atomic E-state index is 0.0634. The van der Waals surface area contributed by atoms with Crippen molar-refractivity contribution >= 4 is 23.5 Å². The summed E-state index contributed by atoms with van der Waals surface area (Å²) in [5, 5.41) is 0.615. The predicted molar refractivity (Wildman–Crippen MR) is 80.6 cm³/mol. The number of carbonyl (C=O) groups excluding carboxylic acids is 2. The summed E-state index contributed by atoms with van der Waals surface area (Å²) in [6.45, 7) is 5.89. The van der Waals surface area contributed by atoms with Crippen LogP contribution < -0.4 is 4.74 Å². The van der Waals surface area contributed by atoms with Crippen LogP contribution in [0.3, 0.4) is 0 Å². The van der Waals surface area contributed by atoms with Gasteiger partial charge in [0.25, 0.3) is 5.91 Å². The van der Waals surface area contributed by atoms with Gasteiger partial charge in [-0.2, -0.15) is 0 Å². The van der Waals surface area contributed by atoms with E-state index in [2.05, 4.69) is 0 Å². The predicted octanol–water partition coefficient (Wildman–Crippen LogP) is 2.44. The van der Waals surface area contributed by atoms with Crippen LogP contribution in [0.15, 0.2) is 18.2 Å². The van der Waals surface area contributed by atoms with E-state index >= 15 is 0 Å². The molecule has 0 aliphatic heterocycles. The van der Waals surface area contributed by atoms with Gasteiger partial charge in [-0.15, -0.1) is 0 Å².